The molecule has 1 aromatic rings. The van der Waals surface area contributed by atoms with Crippen molar-refractivity contribution in [2.24, 2.45) is 5.92 Å². The smallest absolute Gasteiger partial charge is 0.0406 e. The summed E-state index contributed by atoms with van der Waals surface area (Å²) in [6.07, 6.45) is 3.72. The van der Waals surface area contributed by atoms with Crippen molar-refractivity contribution < 1.29 is 0 Å². The molecule has 1 N–H and O–H groups in total. The van der Waals surface area contributed by atoms with Crippen LogP contribution in [0.25, 0.3) is 0 Å². The minimum atomic E-state index is 0.373. The normalized spacial score (nSPS) is 24.9. The third-order valence-electron chi connectivity index (χ3n) is 3.22. The number of rotatable bonds is 4. The molecule has 2 unspecified atom stereocenters. The van der Waals surface area contributed by atoms with Crippen molar-refractivity contribution in [1.82, 2.24) is 5.32 Å². The standard InChI is InChI=1S/C13H17Cl2N/c14-12-6-4-10(5-7-12)8-16-9-11-2-1-3-13(11)15/h4-7,11,13,16H,1-3,8-9H2. The van der Waals surface area contributed by atoms with Gasteiger partial charge in [-0.2, -0.15) is 0 Å². The molecule has 2 atom stereocenters. The molecule has 2 rings (SSSR count). The van der Waals surface area contributed by atoms with Gasteiger partial charge < -0.3 is 5.32 Å². The first kappa shape index (κ1) is 12.2. The fourth-order valence-electron chi connectivity index (χ4n) is 2.23. The van der Waals surface area contributed by atoms with Crippen LogP contribution < -0.4 is 5.32 Å². The molecule has 1 fully saturated rings. The molecular weight excluding hydrogens is 241 g/mol. The Balaban J connectivity index is 1.73. The van der Waals surface area contributed by atoms with Gasteiger partial charge >= 0.3 is 0 Å². The number of benzene rings is 1. The Hall–Kier alpha value is -0.240. The fraction of sp³-hybridized carbons (Fsp3) is 0.538. The van der Waals surface area contributed by atoms with Gasteiger partial charge in [-0.05, 0) is 43.0 Å². The highest BCUT2D eigenvalue weighted by Gasteiger charge is 2.24. The third kappa shape index (κ3) is 3.38. The summed E-state index contributed by atoms with van der Waals surface area (Å²) in [5.74, 6) is 0.647. The second-order valence-electron chi connectivity index (χ2n) is 4.46. The van der Waals surface area contributed by atoms with E-state index in [0.29, 0.717) is 11.3 Å². The molecule has 0 amide bonds. The Bertz CT molecular complexity index is 323. The van der Waals surface area contributed by atoms with Gasteiger partial charge in [-0.15, -0.1) is 11.6 Å². The van der Waals surface area contributed by atoms with Gasteiger partial charge in [0.15, 0.2) is 0 Å². The largest absolute Gasteiger partial charge is 0.312 e. The number of hydrogen-bond acceptors (Lipinski definition) is 1. The number of nitrogens with one attached hydrogen (secondary N) is 1. The van der Waals surface area contributed by atoms with Gasteiger partial charge in [-0.1, -0.05) is 30.2 Å². The molecule has 88 valence electrons. The van der Waals surface area contributed by atoms with Crippen LogP contribution >= 0.6 is 23.2 Å². The van der Waals surface area contributed by atoms with E-state index in [-0.39, 0.29) is 0 Å². The first-order valence-electron chi connectivity index (χ1n) is 5.85. The molecule has 0 bridgehead atoms. The maximum absolute atomic E-state index is 6.22. The van der Waals surface area contributed by atoms with Crippen LogP contribution in [0.3, 0.4) is 0 Å². The molecule has 1 aliphatic rings. The lowest BCUT2D eigenvalue weighted by Gasteiger charge is -2.14. The van der Waals surface area contributed by atoms with Gasteiger partial charge in [0.2, 0.25) is 0 Å². The average molecular weight is 258 g/mol. The van der Waals surface area contributed by atoms with Crippen LogP contribution in [0.15, 0.2) is 24.3 Å². The summed E-state index contributed by atoms with van der Waals surface area (Å²) in [4.78, 5) is 0. The summed E-state index contributed by atoms with van der Waals surface area (Å²) in [6.45, 7) is 1.92. The summed E-state index contributed by atoms with van der Waals surface area (Å²) in [5.41, 5.74) is 1.27. The summed E-state index contributed by atoms with van der Waals surface area (Å²) in [5, 5.41) is 4.63. The molecule has 0 heterocycles. The van der Waals surface area contributed by atoms with Crippen molar-refractivity contribution in [3.8, 4) is 0 Å². The monoisotopic (exact) mass is 257 g/mol. The number of halogens is 2. The second kappa shape index (κ2) is 5.90. The van der Waals surface area contributed by atoms with E-state index < -0.39 is 0 Å². The lowest BCUT2D eigenvalue weighted by Crippen LogP contribution is -2.25. The summed E-state index contributed by atoms with van der Waals surface area (Å²) in [6, 6.07) is 7.97. The zero-order valence-electron chi connectivity index (χ0n) is 9.26. The van der Waals surface area contributed by atoms with Gasteiger partial charge in [0.05, 0.1) is 0 Å². The molecule has 16 heavy (non-hydrogen) atoms. The van der Waals surface area contributed by atoms with Gasteiger partial charge in [0.1, 0.15) is 0 Å². The first-order chi connectivity index (χ1) is 7.75. The minimum absolute atomic E-state index is 0.373. The van der Waals surface area contributed by atoms with E-state index in [1.807, 2.05) is 12.1 Å². The van der Waals surface area contributed by atoms with Crippen LogP contribution in [0.4, 0.5) is 0 Å². The summed E-state index contributed by atoms with van der Waals surface area (Å²) in [7, 11) is 0. The molecule has 0 spiro atoms. The molecule has 1 nitrogen and oxygen atoms in total. The molecule has 0 radical (unpaired) electrons. The van der Waals surface area contributed by atoms with Crippen LogP contribution in [0.2, 0.25) is 5.02 Å². The van der Waals surface area contributed by atoms with Crippen LogP contribution in [0.1, 0.15) is 24.8 Å². The van der Waals surface area contributed by atoms with Crippen molar-refractivity contribution >= 4 is 23.2 Å². The van der Waals surface area contributed by atoms with Crippen molar-refractivity contribution in [2.45, 2.75) is 31.2 Å². The molecular formula is C13H17Cl2N. The van der Waals surface area contributed by atoms with Crippen molar-refractivity contribution in [1.29, 1.82) is 0 Å². The molecule has 1 saturated carbocycles. The van der Waals surface area contributed by atoms with Gasteiger partial charge in [-0.3, -0.25) is 0 Å². The molecule has 1 aromatic carbocycles. The molecule has 0 aromatic heterocycles. The van der Waals surface area contributed by atoms with E-state index in [9.17, 15) is 0 Å². The molecule has 3 heteroatoms. The Morgan fingerprint density at radius 3 is 2.56 bits per heavy atom. The van der Waals surface area contributed by atoms with Crippen LogP contribution in [0, 0.1) is 5.92 Å². The molecule has 0 saturated heterocycles. The third-order valence-corrected chi connectivity index (χ3v) is 4.04. The molecule has 1 aliphatic carbocycles. The van der Waals surface area contributed by atoms with Gasteiger partial charge in [0.25, 0.3) is 0 Å². The summed E-state index contributed by atoms with van der Waals surface area (Å²) >= 11 is 12.1. The zero-order valence-corrected chi connectivity index (χ0v) is 10.8. The Morgan fingerprint density at radius 2 is 1.94 bits per heavy atom. The SMILES string of the molecule is Clc1ccc(CNCC2CCCC2Cl)cc1. The van der Waals surface area contributed by atoms with Crippen molar-refractivity contribution in [3.05, 3.63) is 34.9 Å². The van der Waals surface area contributed by atoms with Crippen molar-refractivity contribution in [2.75, 3.05) is 6.54 Å². The topological polar surface area (TPSA) is 12.0 Å². The van der Waals surface area contributed by atoms with Crippen LogP contribution in [-0.2, 0) is 6.54 Å². The van der Waals surface area contributed by atoms with Gasteiger partial charge in [-0.25, -0.2) is 0 Å². The van der Waals surface area contributed by atoms with E-state index >= 15 is 0 Å². The first-order valence-corrected chi connectivity index (χ1v) is 6.66. The van der Waals surface area contributed by atoms with Crippen molar-refractivity contribution in [3.63, 3.8) is 0 Å². The molecule has 0 aliphatic heterocycles. The summed E-state index contributed by atoms with van der Waals surface area (Å²) < 4.78 is 0. The maximum atomic E-state index is 6.22. The predicted molar refractivity (Wildman–Crippen MR) is 70.1 cm³/mol. The van der Waals surface area contributed by atoms with E-state index in [1.54, 1.807) is 0 Å². The predicted octanol–water partition coefficient (Wildman–Crippen LogP) is 3.84. The van der Waals surface area contributed by atoms with E-state index in [1.165, 1.54) is 24.8 Å². The van der Waals surface area contributed by atoms with Crippen LogP contribution in [0.5, 0.6) is 0 Å². The fourth-order valence-corrected chi connectivity index (χ4v) is 2.72. The lowest BCUT2D eigenvalue weighted by atomic mass is 10.1. The maximum Gasteiger partial charge on any atom is 0.0406 e. The average Bonchev–Trinajstić information content (AvgIpc) is 2.68. The highest BCUT2D eigenvalue weighted by Crippen LogP contribution is 2.29. The van der Waals surface area contributed by atoms with Crippen LogP contribution in [-0.4, -0.2) is 11.9 Å². The van der Waals surface area contributed by atoms with E-state index in [4.69, 9.17) is 23.2 Å². The minimum Gasteiger partial charge on any atom is -0.312 e. The highest BCUT2D eigenvalue weighted by molar-refractivity contribution is 6.30. The Kier molecular flexibility index (Phi) is 4.51. The van der Waals surface area contributed by atoms with Gasteiger partial charge in [0, 0.05) is 16.9 Å². The van der Waals surface area contributed by atoms with E-state index in [0.717, 1.165) is 18.1 Å². The quantitative estimate of drug-likeness (QED) is 0.809. The Labute approximate surface area is 107 Å². The number of alkyl halides is 1. The van der Waals surface area contributed by atoms with E-state index in [2.05, 4.69) is 17.4 Å². The highest BCUT2D eigenvalue weighted by atomic mass is 35.5. The Morgan fingerprint density at radius 1 is 1.19 bits per heavy atom. The zero-order chi connectivity index (χ0) is 11.4. The second-order valence-corrected chi connectivity index (χ2v) is 5.46. The number of hydrogen-bond donors (Lipinski definition) is 1. The lowest BCUT2D eigenvalue weighted by molar-refractivity contribution is 0.494.